The second-order valence-corrected chi connectivity index (χ2v) is 3.51. The standard InChI is InChI=1S/C11H12OS/c1-10-4-6-11(7-5-10)13-9-3-8-12-2/h4-7H,8H2,1-2H3. The van der Waals surface area contributed by atoms with Gasteiger partial charge in [-0.05, 0) is 36.1 Å². The van der Waals surface area contributed by atoms with Crippen molar-refractivity contribution < 1.29 is 4.74 Å². The van der Waals surface area contributed by atoms with Crippen molar-refractivity contribution in [1.82, 2.24) is 0 Å². The highest BCUT2D eigenvalue weighted by Crippen LogP contribution is 2.16. The summed E-state index contributed by atoms with van der Waals surface area (Å²) < 4.78 is 4.81. The second kappa shape index (κ2) is 5.69. The summed E-state index contributed by atoms with van der Waals surface area (Å²) in [4.78, 5) is 1.18. The van der Waals surface area contributed by atoms with Crippen molar-refractivity contribution in [2.24, 2.45) is 0 Å². The molecule has 0 atom stereocenters. The van der Waals surface area contributed by atoms with E-state index in [-0.39, 0.29) is 0 Å². The van der Waals surface area contributed by atoms with Gasteiger partial charge in [0.2, 0.25) is 0 Å². The van der Waals surface area contributed by atoms with Crippen LogP contribution in [0.5, 0.6) is 0 Å². The zero-order valence-electron chi connectivity index (χ0n) is 7.83. The lowest BCUT2D eigenvalue weighted by Gasteiger charge is -1.94. The van der Waals surface area contributed by atoms with Crippen LogP contribution in [0.2, 0.25) is 0 Å². The second-order valence-electron chi connectivity index (χ2n) is 2.63. The molecule has 0 unspecified atom stereocenters. The highest BCUT2D eigenvalue weighted by Gasteiger charge is 1.88. The number of hydrogen-bond donors (Lipinski definition) is 0. The van der Waals surface area contributed by atoms with E-state index >= 15 is 0 Å². The number of aryl methyl sites for hydroxylation is 1. The van der Waals surface area contributed by atoms with Crippen LogP contribution < -0.4 is 0 Å². The Balaban J connectivity index is 2.47. The molecule has 0 spiro atoms. The molecule has 0 heterocycles. The number of ether oxygens (including phenoxy) is 1. The number of benzene rings is 1. The van der Waals surface area contributed by atoms with E-state index in [1.807, 2.05) is 0 Å². The van der Waals surface area contributed by atoms with Gasteiger partial charge in [0.25, 0.3) is 0 Å². The normalized spacial score (nSPS) is 9.08. The summed E-state index contributed by atoms with van der Waals surface area (Å²) in [6, 6.07) is 8.31. The first-order valence-electron chi connectivity index (χ1n) is 4.03. The fourth-order valence-corrected chi connectivity index (χ4v) is 1.32. The van der Waals surface area contributed by atoms with Crippen LogP contribution in [0.25, 0.3) is 0 Å². The summed E-state index contributed by atoms with van der Waals surface area (Å²) in [6.45, 7) is 2.57. The lowest BCUT2D eigenvalue weighted by atomic mass is 10.2. The minimum absolute atomic E-state index is 0.499. The Hall–Kier alpha value is -0.910. The molecule has 0 saturated carbocycles. The van der Waals surface area contributed by atoms with Crippen molar-refractivity contribution in [3.63, 3.8) is 0 Å². The van der Waals surface area contributed by atoms with E-state index in [1.165, 1.54) is 22.2 Å². The quantitative estimate of drug-likeness (QED) is 0.526. The van der Waals surface area contributed by atoms with E-state index < -0.39 is 0 Å². The first kappa shape index (κ1) is 10.2. The maximum atomic E-state index is 4.81. The molecular formula is C11H12OS. The monoisotopic (exact) mass is 192 g/mol. The average Bonchev–Trinajstić information content (AvgIpc) is 2.15. The van der Waals surface area contributed by atoms with Crippen LogP contribution in [0.15, 0.2) is 29.2 Å². The molecule has 0 saturated heterocycles. The van der Waals surface area contributed by atoms with Gasteiger partial charge in [-0.1, -0.05) is 23.6 Å². The largest absolute Gasteiger partial charge is 0.372 e. The molecule has 0 amide bonds. The lowest BCUT2D eigenvalue weighted by Crippen LogP contribution is -1.79. The van der Waals surface area contributed by atoms with Crippen molar-refractivity contribution >= 4 is 11.8 Å². The maximum absolute atomic E-state index is 4.81. The fraction of sp³-hybridized carbons (Fsp3) is 0.273. The van der Waals surface area contributed by atoms with Crippen LogP contribution in [0, 0.1) is 18.1 Å². The van der Waals surface area contributed by atoms with E-state index in [4.69, 9.17) is 4.74 Å². The molecule has 2 heteroatoms. The van der Waals surface area contributed by atoms with Crippen LogP contribution in [0.1, 0.15) is 5.56 Å². The summed E-state index contributed by atoms with van der Waals surface area (Å²) in [5.74, 6) is 2.89. The van der Waals surface area contributed by atoms with E-state index in [9.17, 15) is 0 Å². The first-order valence-corrected chi connectivity index (χ1v) is 4.85. The van der Waals surface area contributed by atoms with Crippen LogP contribution in [0.3, 0.4) is 0 Å². The maximum Gasteiger partial charge on any atom is 0.108 e. The highest BCUT2D eigenvalue weighted by atomic mass is 32.2. The molecule has 0 aliphatic rings. The molecule has 1 rings (SSSR count). The van der Waals surface area contributed by atoms with Gasteiger partial charge in [-0.3, -0.25) is 0 Å². The molecule has 1 nitrogen and oxygen atoms in total. The summed E-state index contributed by atoms with van der Waals surface area (Å²) >= 11 is 1.53. The van der Waals surface area contributed by atoms with Crippen molar-refractivity contribution in [2.45, 2.75) is 11.8 Å². The van der Waals surface area contributed by atoms with Crippen molar-refractivity contribution in [2.75, 3.05) is 13.7 Å². The minimum atomic E-state index is 0.499. The molecule has 0 radical (unpaired) electrons. The van der Waals surface area contributed by atoms with Crippen LogP contribution in [-0.4, -0.2) is 13.7 Å². The summed E-state index contributed by atoms with van der Waals surface area (Å²) in [7, 11) is 1.64. The zero-order valence-corrected chi connectivity index (χ0v) is 8.65. The van der Waals surface area contributed by atoms with E-state index in [0.717, 1.165) is 0 Å². The van der Waals surface area contributed by atoms with Gasteiger partial charge < -0.3 is 4.74 Å². The third-order valence-electron chi connectivity index (χ3n) is 1.48. The predicted octanol–water partition coefficient (Wildman–Crippen LogP) is 2.69. The Morgan fingerprint density at radius 2 is 2.00 bits per heavy atom. The molecule has 0 bridgehead atoms. The molecule has 0 fully saturated rings. The van der Waals surface area contributed by atoms with E-state index in [1.54, 1.807) is 7.11 Å². The molecule has 1 aromatic rings. The van der Waals surface area contributed by atoms with Crippen molar-refractivity contribution in [3.05, 3.63) is 29.8 Å². The zero-order chi connectivity index (χ0) is 9.52. The Morgan fingerprint density at radius 1 is 1.31 bits per heavy atom. The minimum Gasteiger partial charge on any atom is -0.372 e. The Labute approximate surface area is 83.5 Å². The number of thioether (sulfide) groups is 1. The van der Waals surface area contributed by atoms with Crippen LogP contribution >= 0.6 is 11.8 Å². The van der Waals surface area contributed by atoms with Gasteiger partial charge in [-0.15, -0.1) is 0 Å². The number of methoxy groups -OCH3 is 1. The third kappa shape index (κ3) is 4.02. The van der Waals surface area contributed by atoms with Crippen LogP contribution in [-0.2, 0) is 4.74 Å². The molecule has 13 heavy (non-hydrogen) atoms. The predicted molar refractivity (Wildman–Crippen MR) is 56.7 cm³/mol. The summed E-state index contributed by atoms with van der Waals surface area (Å²) in [6.07, 6.45) is 0. The first-order chi connectivity index (χ1) is 6.33. The van der Waals surface area contributed by atoms with Gasteiger partial charge in [-0.25, -0.2) is 0 Å². The molecular weight excluding hydrogens is 180 g/mol. The Morgan fingerprint density at radius 3 is 2.62 bits per heavy atom. The smallest absolute Gasteiger partial charge is 0.108 e. The molecule has 0 aromatic heterocycles. The van der Waals surface area contributed by atoms with Gasteiger partial charge in [0, 0.05) is 12.0 Å². The Kier molecular flexibility index (Phi) is 4.45. The van der Waals surface area contributed by atoms with Gasteiger partial charge >= 0.3 is 0 Å². The van der Waals surface area contributed by atoms with Gasteiger partial charge in [0.15, 0.2) is 0 Å². The van der Waals surface area contributed by atoms with Gasteiger partial charge in [0.05, 0.1) is 0 Å². The van der Waals surface area contributed by atoms with Gasteiger partial charge in [-0.2, -0.15) is 0 Å². The van der Waals surface area contributed by atoms with E-state index in [0.29, 0.717) is 6.61 Å². The summed E-state index contributed by atoms with van der Waals surface area (Å²) in [5.41, 5.74) is 1.27. The van der Waals surface area contributed by atoms with E-state index in [2.05, 4.69) is 42.4 Å². The summed E-state index contributed by atoms with van der Waals surface area (Å²) in [5, 5.41) is 2.96. The Bertz CT molecular complexity index is 305. The highest BCUT2D eigenvalue weighted by molar-refractivity contribution is 8.03. The average molecular weight is 192 g/mol. The fourth-order valence-electron chi connectivity index (χ4n) is 0.803. The van der Waals surface area contributed by atoms with Crippen molar-refractivity contribution in [3.8, 4) is 11.2 Å². The molecule has 1 aromatic carbocycles. The molecule has 0 aliphatic heterocycles. The number of rotatable bonds is 2. The van der Waals surface area contributed by atoms with Crippen LogP contribution in [0.4, 0.5) is 0 Å². The molecule has 0 aliphatic carbocycles. The molecule has 0 N–H and O–H groups in total. The van der Waals surface area contributed by atoms with Crippen molar-refractivity contribution in [1.29, 1.82) is 0 Å². The third-order valence-corrected chi connectivity index (χ3v) is 2.23. The topological polar surface area (TPSA) is 9.23 Å². The van der Waals surface area contributed by atoms with Gasteiger partial charge in [0.1, 0.15) is 6.61 Å². The lowest BCUT2D eigenvalue weighted by molar-refractivity contribution is 0.240. The molecule has 68 valence electrons. The SMILES string of the molecule is COCC#CSc1ccc(C)cc1. The number of hydrogen-bond acceptors (Lipinski definition) is 2.